The van der Waals surface area contributed by atoms with Crippen LogP contribution in [0, 0.1) is 0 Å². The molecule has 0 spiro atoms. The molecule has 20 heavy (non-hydrogen) atoms. The van der Waals surface area contributed by atoms with Gasteiger partial charge in [0.15, 0.2) is 0 Å². The second-order valence-electron chi connectivity index (χ2n) is 4.90. The minimum Gasteiger partial charge on any atom is -0.347 e. The summed E-state index contributed by atoms with van der Waals surface area (Å²) in [5.74, 6) is 0.0874. The van der Waals surface area contributed by atoms with E-state index in [4.69, 9.17) is 0 Å². The molecule has 1 aromatic heterocycles. The second-order valence-corrected chi connectivity index (χ2v) is 6.15. The Balaban J connectivity index is 1.64. The molecule has 3 rings (SSSR count). The molecule has 0 saturated carbocycles. The van der Waals surface area contributed by atoms with Gasteiger partial charge in [-0.1, -0.05) is 24.3 Å². The van der Waals surface area contributed by atoms with Gasteiger partial charge >= 0.3 is 0 Å². The number of nitrogens with one attached hydrogen (secondary N) is 1. The molecular weight excluding hydrogens is 268 g/mol. The average molecular weight is 284 g/mol. The first-order valence-electron chi connectivity index (χ1n) is 6.70. The summed E-state index contributed by atoms with van der Waals surface area (Å²) in [5.41, 5.74) is 2.16. The minimum atomic E-state index is -0.0620. The van der Waals surface area contributed by atoms with E-state index in [1.54, 1.807) is 18.0 Å². The van der Waals surface area contributed by atoms with Gasteiger partial charge in [0.1, 0.15) is 0 Å². The molecule has 1 N–H and O–H groups in total. The number of hydrogen-bond acceptors (Lipinski definition) is 3. The van der Waals surface area contributed by atoms with Crippen LogP contribution in [0.4, 0.5) is 0 Å². The summed E-state index contributed by atoms with van der Waals surface area (Å²) in [6, 6.07) is 13.9. The lowest BCUT2D eigenvalue weighted by Crippen LogP contribution is -2.34. The van der Waals surface area contributed by atoms with E-state index in [1.165, 1.54) is 10.5 Å². The van der Waals surface area contributed by atoms with Gasteiger partial charge in [-0.2, -0.15) is 0 Å². The highest BCUT2D eigenvalue weighted by molar-refractivity contribution is 8.01. The molecule has 1 aliphatic rings. The number of benzene rings is 1. The predicted octanol–water partition coefficient (Wildman–Crippen LogP) is 2.98. The van der Waals surface area contributed by atoms with Crippen molar-refractivity contribution < 1.29 is 4.79 Å². The van der Waals surface area contributed by atoms with E-state index in [0.717, 1.165) is 12.1 Å². The van der Waals surface area contributed by atoms with Gasteiger partial charge in [0, 0.05) is 11.1 Å². The van der Waals surface area contributed by atoms with Crippen LogP contribution in [0.25, 0.3) is 0 Å². The van der Waals surface area contributed by atoms with Crippen LogP contribution < -0.4 is 5.32 Å². The third-order valence-electron chi connectivity index (χ3n) is 3.43. The molecule has 1 aliphatic heterocycles. The highest BCUT2D eigenvalue weighted by atomic mass is 32.2. The Hall–Kier alpha value is -1.81. The number of fused-ring (bicyclic) bond motifs is 1. The summed E-state index contributed by atoms with van der Waals surface area (Å²) in [6.45, 7) is 1.97. The van der Waals surface area contributed by atoms with E-state index in [2.05, 4.69) is 22.4 Å². The van der Waals surface area contributed by atoms with Crippen molar-refractivity contribution in [3.63, 3.8) is 0 Å². The Labute approximate surface area is 122 Å². The third-order valence-corrected chi connectivity index (χ3v) is 4.75. The second kappa shape index (κ2) is 5.67. The molecule has 1 aromatic carbocycles. The fraction of sp³-hybridized carbons (Fsp3) is 0.250. The van der Waals surface area contributed by atoms with Gasteiger partial charge in [0.2, 0.25) is 5.91 Å². The van der Waals surface area contributed by atoms with Crippen LogP contribution >= 0.6 is 11.8 Å². The Morgan fingerprint density at radius 1 is 1.30 bits per heavy atom. The zero-order valence-electron chi connectivity index (χ0n) is 11.2. The molecule has 0 aliphatic carbocycles. The van der Waals surface area contributed by atoms with Gasteiger partial charge < -0.3 is 5.32 Å². The molecule has 2 atom stereocenters. The highest BCUT2D eigenvalue weighted by Crippen LogP contribution is 2.36. The number of carbonyl (C=O) groups is 1. The Morgan fingerprint density at radius 3 is 2.85 bits per heavy atom. The van der Waals surface area contributed by atoms with E-state index in [0.29, 0.717) is 0 Å². The number of amides is 1. The number of aromatic nitrogens is 1. The maximum absolute atomic E-state index is 12.3. The highest BCUT2D eigenvalue weighted by Gasteiger charge is 2.28. The quantitative estimate of drug-likeness (QED) is 0.942. The van der Waals surface area contributed by atoms with E-state index in [1.807, 2.05) is 37.3 Å². The first-order valence-corrected chi connectivity index (χ1v) is 7.58. The molecular formula is C16H16N2OS. The standard InChI is InChI=1S/C16H16N2OS/c1-11(13-7-4-5-9-17-13)18-16(19)15-10-12-6-2-3-8-14(12)20-15/h2-9,11,15H,10H2,1H3,(H,18,19)/t11-,15+/m0/s1. The van der Waals surface area contributed by atoms with Crippen molar-refractivity contribution in [2.45, 2.75) is 29.5 Å². The van der Waals surface area contributed by atoms with Crippen molar-refractivity contribution in [3.8, 4) is 0 Å². The van der Waals surface area contributed by atoms with Crippen molar-refractivity contribution in [2.75, 3.05) is 0 Å². The summed E-state index contributed by atoms with van der Waals surface area (Å²) in [7, 11) is 0. The van der Waals surface area contributed by atoms with E-state index >= 15 is 0 Å². The molecule has 3 nitrogen and oxygen atoms in total. The molecule has 1 amide bonds. The maximum atomic E-state index is 12.3. The van der Waals surface area contributed by atoms with Gasteiger partial charge in [-0.25, -0.2) is 0 Å². The molecule has 2 heterocycles. The molecule has 0 saturated heterocycles. The number of nitrogens with zero attached hydrogens (tertiary/aromatic N) is 1. The first-order chi connectivity index (χ1) is 9.74. The fourth-order valence-corrected chi connectivity index (χ4v) is 3.55. The minimum absolute atomic E-state index is 0.0291. The largest absolute Gasteiger partial charge is 0.347 e. The van der Waals surface area contributed by atoms with Crippen LogP contribution in [0.3, 0.4) is 0 Å². The normalized spacial score (nSPS) is 18.4. The monoisotopic (exact) mass is 284 g/mol. The summed E-state index contributed by atoms with van der Waals surface area (Å²) in [5, 5.41) is 3.02. The van der Waals surface area contributed by atoms with Gasteiger partial charge in [-0.15, -0.1) is 11.8 Å². The van der Waals surface area contributed by atoms with Crippen molar-refractivity contribution in [1.29, 1.82) is 0 Å². The lowest BCUT2D eigenvalue weighted by Gasteiger charge is -2.16. The van der Waals surface area contributed by atoms with Gasteiger partial charge in [-0.05, 0) is 37.1 Å². The number of thioether (sulfide) groups is 1. The lowest BCUT2D eigenvalue weighted by atomic mass is 10.1. The van der Waals surface area contributed by atoms with Crippen LogP contribution in [0.1, 0.15) is 24.2 Å². The smallest absolute Gasteiger partial charge is 0.234 e. The predicted molar refractivity (Wildman–Crippen MR) is 80.6 cm³/mol. The van der Waals surface area contributed by atoms with Crippen LogP contribution in [0.5, 0.6) is 0 Å². The Kier molecular flexibility index (Phi) is 3.74. The van der Waals surface area contributed by atoms with Crippen molar-refractivity contribution in [1.82, 2.24) is 10.3 Å². The number of pyridine rings is 1. The fourth-order valence-electron chi connectivity index (χ4n) is 2.34. The summed E-state index contributed by atoms with van der Waals surface area (Å²) in [6.07, 6.45) is 2.56. The van der Waals surface area contributed by atoms with Crippen LogP contribution in [-0.4, -0.2) is 16.1 Å². The van der Waals surface area contributed by atoms with Gasteiger partial charge in [0.05, 0.1) is 17.0 Å². The zero-order chi connectivity index (χ0) is 13.9. The van der Waals surface area contributed by atoms with Crippen LogP contribution in [0.2, 0.25) is 0 Å². The first kappa shape index (κ1) is 13.2. The molecule has 0 unspecified atom stereocenters. The lowest BCUT2D eigenvalue weighted by molar-refractivity contribution is -0.121. The Bertz CT molecular complexity index is 590. The number of hydrogen-bond donors (Lipinski definition) is 1. The van der Waals surface area contributed by atoms with E-state index < -0.39 is 0 Å². The third kappa shape index (κ3) is 2.70. The summed E-state index contributed by atoms with van der Waals surface area (Å²) >= 11 is 1.65. The number of rotatable bonds is 3. The molecule has 4 heteroatoms. The van der Waals surface area contributed by atoms with E-state index in [-0.39, 0.29) is 17.2 Å². The summed E-state index contributed by atoms with van der Waals surface area (Å²) in [4.78, 5) is 17.8. The summed E-state index contributed by atoms with van der Waals surface area (Å²) < 4.78 is 0. The van der Waals surface area contributed by atoms with Crippen LogP contribution in [0.15, 0.2) is 53.6 Å². The zero-order valence-corrected chi connectivity index (χ0v) is 12.1. The van der Waals surface area contributed by atoms with Crippen molar-refractivity contribution >= 4 is 17.7 Å². The topological polar surface area (TPSA) is 42.0 Å². The average Bonchev–Trinajstić information content (AvgIpc) is 2.92. The SMILES string of the molecule is C[C@H](NC(=O)[C@H]1Cc2ccccc2S1)c1ccccn1. The van der Waals surface area contributed by atoms with Crippen molar-refractivity contribution in [3.05, 3.63) is 59.9 Å². The van der Waals surface area contributed by atoms with Crippen molar-refractivity contribution in [2.24, 2.45) is 0 Å². The van der Waals surface area contributed by atoms with E-state index in [9.17, 15) is 4.79 Å². The molecule has 0 fully saturated rings. The van der Waals surface area contributed by atoms with Gasteiger partial charge in [-0.3, -0.25) is 9.78 Å². The molecule has 2 aromatic rings. The van der Waals surface area contributed by atoms with Crippen LogP contribution in [-0.2, 0) is 11.2 Å². The maximum Gasteiger partial charge on any atom is 0.234 e. The van der Waals surface area contributed by atoms with Gasteiger partial charge in [0.25, 0.3) is 0 Å². The molecule has 102 valence electrons. The molecule has 0 radical (unpaired) electrons. The number of carbonyl (C=O) groups excluding carboxylic acids is 1. The Morgan fingerprint density at radius 2 is 2.10 bits per heavy atom. The molecule has 0 bridgehead atoms.